The van der Waals surface area contributed by atoms with Crippen molar-refractivity contribution in [3.63, 3.8) is 0 Å². The smallest absolute Gasteiger partial charge is 0.229 e. The van der Waals surface area contributed by atoms with Gasteiger partial charge in [-0.05, 0) is 34.1 Å². The third-order valence-electron chi connectivity index (χ3n) is 2.87. The molecule has 1 N–H and O–H groups in total. The normalized spacial score (nSPS) is 11.7. The third-order valence-corrected chi connectivity index (χ3v) is 3.51. The average molecular weight is 368 g/mol. The Morgan fingerprint density at radius 2 is 2.38 bits per heavy atom. The molecule has 0 aliphatic carbocycles. The highest BCUT2D eigenvalue weighted by molar-refractivity contribution is 9.10. The van der Waals surface area contributed by atoms with Crippen LogP contribution in [0.5, 0.6) is 0 Å². The summed E-state index contributed by atoms with van der Waals surface area (Å²) < 4.78 is 2.54. The first kappa shape index (κ1) is 15.5. The molecular formula is C14H12BrClN4O. The zero-order valence-corrected chi connectivity index (χ0v) is 13.5. The van der Waals surface area contributed by atoms with E-state index in [9.17, 15) is 4.79 Å². The Bertz CT molecular complexity index is 707. The quantitative estimate of drug-likeness (QED) is 0.900. The number of hydrogen-bond donors (Lipinski definition) is 1. The second-order valence-corrected chi connectivity index (χ2v) is 5.92. The number of rotatable bonds is 4. The Balaban J connectivity index is 2.07. The van der Waals surface area contributed by atoms with Gasteiger partial charge in [-0.15, -0.1) is 0 Å². The van der Waals surface area contributed by atoms with E-state index >= 15 is 0 Å². The molecule has 0 radical (unpaired) electrons. The molecule has 2 rings (SSSR count). The molecule has 0 saturated heterocycles. The molecule has 0 fully saturated rings. The molecule has 108 valence electrons. The second-order valence-electron chi connectivity index (χ2n) is 4.57. The third kappa shape index (κ3) is 4.06. The fourth-order valence-corrected chi connectivity index (χ4v) is 2.28. The lowest BCUT2D eigenvalue weighted by Crippen LogP contribution is -2.25. The predicted molar refractivity (Wildman–Crippen MR) is 83.9 cm³/mol. The lowest BCUT2D eigenvalue weighted by Gasteiger charge is -2.13. The Kier molecular flexibility index (Phi) is 4.99. The molecular weight excluding hydrogens is 356 g/mol. The molecule has 1 heterocycles. The zero-order chi connectivity index (χ0) is 15.4. The number of amides is 1. The van der Waals surface area contributed by atoms with Crippen LogP contribution >= 0.6 is 27.5 Å². The molecule has 7 heteroatoms. The molecule has 0 aliphatic heterocycles. The van der Waals surface area contributed by atoms with Crippen molar-refractivity contribution in [2.24, 2.45) is 5.92 Å². The van der Waals surface area contributed by atoms with Crippen LogP contribution in [-0.2, 0) is 11.3 Å². The van der Waals surface area contributed by atoms with Crippen LogP contribution in [-0.4, -0.2) is 15.7 Å². The second kappa shape index (κ2) is 6.74. The van der Waals surface area contributed by atoms with Crippen LogP contribution in [0.1, 0.15) is 12.5 Å². The van der Waals surface area contributed by atoms with Gasteiger partial charge in [0.15, 0.2) is 0 Å². The van der Waals surface area contributed by atoms with Crippen molar-refractivity contribution in [3.05, 3.63) is 45.7 Å². The van der Waals surface area contributed by atoms with Gasteiger partial charge < -0.3 is 5.32 Å². The number of nitriles is 1. The molecule has 1 aromatic heterocycles. The van der Waals surface area contributed by atoms with Crippen LogP contribution in [0.3, 0.4) is 0 Å². The number of carbonyl (C=O) groups excluding carboxylic acids is 1. The van der Waals surface area contributed by atoms with Crippen molar-refractivity contribution in [2.75, 3.05) is 5.32 Å². The van der Waals surface area contributed by atoms with Crippen LogP contribution in [0.4, 0.5) is 5.69 Å². The fourth-order valence-electron chi connectivity index (χ4n) is 1.78. The molecule has 1 amide bonds. The van der Waals surface area contributed by atoms with Gasteiger partial charge in [0.1, 0.15) is 6.07 Å². The van der Waals surface area contributed by atoms with Gasteiger partial charge in [0.2, 0.25) is 5.91 Å². The van der Waals surface area contributed by atoms with Crippen LogP contribution < -0.4 is 5.32 Å². The van der Waals surface area contributed by atoms with Gasteiger partial charge in [-0.3, -0.25) is 9.48 Å². The number of nitrogens with one attached hydrogen (secondary N) is 1. The first-order valence-corrected chi connectivity index (χ1v) is 7.35. The van der Waals surface area contributed by atoms with Crippen molar-refractivity contribution < 1.29 is 4.79 Å². The van der Waals surface area contributed by atoms with Gasteiger partial charge >= 0.3 is 0 Å². The summed E-state index contributed by atoms with van der Waals surface area (Å²) in [5.74, 6) is -0.497. The van der Waals surface area contributed by atoms with E-state index in [2.05, 4.69) is 26.3 Å². The minimum absolute atomic E-state index is 0.194. The number of aromatic nitrogens is 2. The number of benzene rings is 1. The van der Waals surface area contributed by atoms with Crippen molar-refractivity contribution in [2.45, 2.75) is 13.5 Å². The molecule has 1 aromatic carbocycles. The summed E-state index contributed by atoms with van der Waals surface area (Å²) >= 11 is 9.19. The molecule has 21 heavy (non-hydrogen) atoms. The molecule has 0 spiro atoms. The Morgan fingerprint density at radius 1 is 1.62 bits per heavy atom. The summed E-state index contributed by atoms with van der Waals surface area (Å²) in [5.41, 5.74) is 0.797. The number of halogens is 2. The highest BCUT2D eigenvalue weighted by atomic mass is 79.9. The van der Waals surface area contributed by atoms with Crippen LogP contribution in [0, 0.1) is 17.2 Å². The van der Waals surface area contributed by atoms with Gasteiger partial charge in [0.05, 0.1) is 34.4 Å². The maximum absolute atomic E-state index is 12.2. The van der Waals surface area contributed by atoms with Crippen molar-refractivity contribution in [1.29, 1.82) is 5.26 Å². The van der Waals surface area contributed by atoms with E-state index in [0.29, 0.717) is 22.8 Å². The van der Waals surface area contributed by atoms with Crippen molar-refractivity contribution in [1.82, 2.24) is 9.78 Å². The molecule has 2 aromatic rings. The standard InChI is InChI=1S/C14H12BrClN4O/c1-9(7-20-8-11(15)6-18-20)14(21)19-13-4-12(16)3-2-10(13)5-17/h2-4,6,8-9H,7H2,1H3,(H,19,21)/t9-/m1/s1. The summed E-state index contributed by atoms with van der Waals surface area (Å²) in [6.45, 7) is 2.24. The van der Waals surface area contributed by atoms with Gasteiger partial charge in [0.25, 0.3) is 0 Å². The van der Waals surface area contributed by atoms with Gasteiger partial charge in [-0.25, -0.2) is 0 Å². The van der Waals surface area contributed by atoms with E-state index in [4.69, 9.17) is 16.9 Å². The van der Waals surface area contributed by atoms with E-state index in [1.807, 2.05) is 6.07 Å². The highest BCUT2D eigenvalue weighted by Crippen LogP contribution is 2.21. The Labute approximate surface area is 135 Å². The van der Waals surface area contributed by atoms with Gasteiger partial charge in [-0.2, -0.15) is 10.4 Å². The maximum Gasteiger partial charge on any atom is 0.229 e. The number of carbonyl (C=O) groups is 1. The Hall–Kier alpha value is -1.84. The van der Waals surface area contributed by atoms with Crippen LogP contribution in [0.25, 0.3) is 0 Å². The first-order valence-electron chi connectivity index (χ1n) is 6.18. The highest BCUT2D eigenvalue weighted by Gasteiger charge is 2.16. The largest absolute Gasteiger partial charge is 0.325 e. The maximum atomic E-state index is 12.2. The summed E-state index contributed by atoms with van der Waals surface area (Å²) in [7, 11) is 0. The predicted octanol–water partition coefficient (Wildman–Crippen LogP) is 3.45. The number of nitrogens with zero attached hydrogens (tertiary/aromatic N) is 3. The average Bonchev–Trinajstić information content (AvgIpc) is 2.84. The topological polar surface area (TPSA) is 70.7 Å². The number of hydrogen-bond acceptors (Lipinski definition) is 3. The Morgan fingerprint density at radius 3 is 3.00 bits per heavy atom. The minimum Gasteiger partial charge on any atom is -0.325 e. The van der Waals surface area contributed by atoms with Crippen LogP contribution in [0.15, 0.2) is 35.1 Å². The summed E-state index contributed by atoms with van der Waals surface area (Å²) in [5, 5.41) is 16.3. The SMILES string of the molecule is C[C@H](Cn1cc(Br)cn1)C(=O)Nc1cc(Cl)ccc1C#N. The van der Waals surface area contributed by atoms with Crippen molar-refractivity contribution in [3.8, 4) is 6.07 Å². The van der Waals surface area contributed by atoms with E-state index in [1.165, 1.54) is 0 Å². The number of anilines is 1. The van der Waals surface area contributed by atoms with E-state index < -0.39 is 0 Å². The minimum atomic E-state index is -0.303. The molecule has 0 aliphatic rings. The summed E-state index contributed by atoms with van der Waals surface area (Å²) in [6, 6.07) is 6.78. The summed E-state index contributed by atoms with van der Waals surface area (Å²) in [4.78, 5) is 12.2. The molecule has 0 saturated carbocycles. The monoisotopic (exact) mass is 366 g/mol. The first-order chi connectivity index (χ1) is 9.99. The fraction of sp³-hybridized carbons (Fsp3) is 0.214. The molecule has 1 atom stereocenters. The lowest BCUT2D eigenvalue weighted by molar-refractivity contribution is -0.119. The van der Waals surface area contributed by atoms with Gasteiger partial charge in [0, 0.05) is 11.2 Å². The zero-order valence-electron chi connectivity index (χ0n) is 11.2. The van der Waals surface area contributed by atoms with Crippen LogP contribution in [0.2, 0.25) is 5.02 Å². The van der Waals surface area contributed by atoms with E-state index in [-0.39, 0.29) is 11.8 Å². The van der Waals surface area contributed by atoms with E-state index in [0.717, 1.165) is 4.47 Å². The lowest BCUT2D eigenvalue weighted by atomic mass is 10.1. The molecule has 0 unspecified atom stereocenters. The molecule has 0 bridgehead atoms. The van der Waals surface area contributed by atoms with E-state index in [1.54, 1.807) is 42.2 Å². The molecule has 5 nitrogen and oxygen atoms in total. The van der Waals surface area contributed by atoms with Crippen molar-refractivity contribution >= 4 is 39.1 Å². The summed E-state index contributed by atoms with van der Waals surface area (Å²) in [6.07, 6.45) is 3.46. The van der Waals surface area contributed by atoms with Gasteiger partial charge in [-0.1, -0.05) is 18.5 Å².